The standard InChI is InChI=1S/C11H13NO4S/c13-7-3-10(14)12(4-7)5-9-11-8(6-17-9)15-1-2-16-11/h6-7,13H,1-5H2. The van der Waals surface area contributed by atoms with Crippen molar-refractivity contribution in [2.45, 2.75) is 19.1 Å². The number of nitrogens with zero attached hydrogens (tertiary/aromatic N) is 1. The Labute approximate surface area is 103 Å². The van der Waals surface area contributed by atoms with Crippen molar-refractivity contribution >= 4 is 17.2 Å². The summed E-state index contributed by atoms with van der Waals surface area (Å²) >= 11 is 1.53. The van der Waals surface area contributed by atoms with Crippen LogP contribution in [-0.2, 0) is 11.3 Å². The van der Waals surface area contributed by atoms with Crippen molar-refractivity contribution in [2.75, 3.05) is 19.8 Å². The summed E-state index contributed by atoms with van der Waals surface area (Å²) in [6.45, 7) is 2.03. The van der Waals surface area contributed by atoms with Crippen LogP contribution in [0, 0.1) is 0 Å². The number of hydrogen-bond acceptors (Lipinski definition) is 5. The molecule has 0 radical (unpaired) electrons. The van der Waals surface area contributed by atoms with Gasteiger partial charge in [0, 0.05) is 11.9 Å². The molecule has 17 heavy (non-hydrogen) atoms. The Hall–Kier alpha value is -1.27. The van der Waals surface area contributed by atoms with E-state index in [1.807, 2.05) is 5.38 Å². The van der Waals surface area contributed by atoms with E-state index < -0.39 is 6.10 Å². The van der Waals surface area contributed by atoms with Crippen molar-refractivity contribution < 1.29 is 19.4 Å². The third-order valence-corrected chi connectivity index (χ3v) is 3.83. The molecule has 1 aromatic heterocycles. The van der Waals surface area contributed by atoms with Crippen LogP contribution >= 0.6 is 11.3 Å². The molecule has 2 aliphatic rings. The summed E-state index contributed by atoms with van der Waals surface area (Å²) in [5.74, 6) is 1.52. The number of β-amino-alcohol motifs (C(OH)–C–C–N with tert-alkyl or cyclic N) is 1. The summed E-state index contributed by atoms with van der Waals surface area (Å²) in [5, 5.41) is 11.3. The molecule has 1 aromatic rings. The number of aliphatic hydroxyl groups excluding tert-OH is 1. The van der Waals surface area contributed by atoms with Gasteiger partial charge >= 0.3 is 0 Å². The van der Waals surface area contributed by atoms with Gasteiger partial charge in [-0.25, -0.2) is 0 Å². The predicted octanol–water partition coefficient (Wildman–Crippen LogP) is 0.613. The van der Waals surface area contributed by atoms with Crippen LogP contribution in [0.3, 0.4) is 0 Å². The van der Waals surface area contributed by atoms with E-state index in [9.17, 15) is 9.90 Å². The van der Waals surface area contributed by atoms with Gasteiger partial charge in [0.25, 0.3) is 0 Å². The average Bonchev–Trinajstić information content (AvgIpc) is 2.85. The van der Waals surface area contributed by atoms with Gasteiger partial charge in [0.2, 0.25) is 5.91 Å². The number of fused-ring (bicyclic) bond motifs is 1. The minimum Gasteiger partial charge on any atom is -0.485 e. The van der Waals surface area contributed by atoms with Crippen LogP contribution in [0.25, 0.3) is 0 Å². The molecule has 0 spiro atoms. The Morgan fingerprint density at radius 1 is 1.47 bits per heavy atom. The number of amides is 1. The third kappa shape index (κ3) is 1.98. The highest BCUT2D eigenvalue weighted by Gasteiger charge is 2.30. The third-order valence-electron chi connectivity index (χ3n) is 2.90. The smallest absolute Gasteiger partial charge is 0.225 e. The van der Waals surface area contributed by atoms with E-state index >= 15 is 0 Å². The number of rotatable bonds is 2. The normalized spacial score (nSPS) is 23.2. The Balaban J connectivity index is 1.77. The minimum atomic E-state index is -0.532. The van der Waals surface area contributed by atoms with Gasteiger partial charge in [0.05, 0.1) is 23.9 Å². The number of carbonyl (C=O) groups is 1. The molecule has 92 valence electrons. The number of carbonyl (C=O) groups excluding carboxylic acids is 1. The summed E-state index contributed by atoms with van der Waals surface area (Å²) in [5.41, 5.74) is 0. The number of hydrogen-bond donors (Lipinski definition) is 1. The van der Waals surface area contributed by atoms with Gasteiger partial charge in [-0.3, -0.25) is 4.79 Å². The SMILES string of the molecule is O=C1CC(O)CN1Cc1scc2c1OCCO2. The molecule has 3 rings (SSSR count). The highest BCUT2D eigenvalue weighted by molar-refractivity contribution is 7.10. The molecule has 2 aliphatic heterocycles. The maximum atomic E-state index is 11.6. The van der Waals surface area contributed by atoms with Gasteiger partial charge in [0.15, 0.2) is 11.5 Å². The van der Waals surface area contributed by atoms with Crippen LogP contribution in [0.1, 0.15) is 11.3 Å². The molecule has 1 atom stereocenters. The molecule has 0 saturated carbocycles. The molecular weight excluding hydrogens is 242 g/mol. The largest absolute Gasteiger partial charge is 0.485 e. The molecule has 1 fully saturated rings. The van der Waals surface area contributed by atoms with Crippen LogP contribution in [0.15, 0.2) is 5.38 Å². The molecular formula is C11H13NO4S. The maximum Gasteiger partial charge on any atom is 0.225 e. The second-order valence-corrected chi connectivity index (χ2v) is 5.15. The Morgan fingerprint density at radius 2 is 2.29 bits per heavy atom. The molecule has 1 amide bonds. The lowest BCUT2D eigenvalue weighted by Gasteiger charge is -2.19. The van der Waals surface area contributed by atoms with Crippen LogP contribution < -0.4 is 9.47 Å². The minimum absolute atomic E-state index is 0.00335. The summed E-state index contributed by atoms with van der Waals surface area (Å²) in [7, 11) is 0. The molecule has 5 nitrogen and oxygen atoms in total. The summed E-state index contributed by atoms with van der Waals surface area (Å²) in [4.78, 5) is 14.2. The molecule has 1 saturated heterocycles. The van der Waals surface area contributed by atoms with Crippen molar-refractivity contribution in [1.29, 1.82) is 0 Å². The van der Waals surface area contributed by atoms with Gasteiger partial charge in [-0.2, -0.15) is 0 Å². The summed E-state index contributed by atoms with van der Waals surface area (Å²) < 4.78 is 11.0. The van der Waals surface area contributed by atoms with Gasteiger partial charge in [-0.05, 0) is 0 Å². The Kier molecular flexibility index (Phi) is 2.68. The highest BCUT2D eigenvalue weighted by Crippen LogP contribution is 2.40. The van der Waals surface area contributed by atoms with E-state index in [2.05, 4.69) is 0 Å². The first kappa shape index (κ1) is 10.9. The van der Waals surface area contributed by atoms with Crippen molar-refractivity contribution in [3.63, 3.8) is 0 Å². The van der Waals surface area contributed by atoms with E-state index in [4.69, 9.17) is 9.47 Å². The fourth-order valence-corrected chi connectivity index (χ4v) is 3.02. The second-order valence-electron chi connectivity index (χ2n) is 4.18. The monoisotopic (exact) mass is 255 g/mol. The first-order valence-corrected chi connectivity index (χ1v) is 6.44. The lowest BCUT2D eigenvalue weighted by atomic mass is 10.3. The first-order valence-electron chi connectivity index (χ1n) is 5.56. The van der Waals surface area contributed by atoms with Gasteiger partial charge in [-0.15, -0.1) is 11.3 Å². The maximum absolute atomic E-state index is 11.6. The zero-order chi connectivity index (χ0) is 11.8. The van der Waals surface area contributed by atoms with Crippen molar-refractivity contribution in [1.82, 2.24) is 4.90 Å². The number of ether oxygens (including phenoxy) is 2. The summed E-state index contributed by atoms with van der Waals surface area (Å²) in [6.07, 6.45) is -0.305. The zero-order valence-corrected chi connectivity index (χ0v) is 10.0. The van der Waals surface area contributed by atoms with Crippen molar-refractivity contribution in [3.05, 3.63) is 10.3 Å². The lowest BCUT2D eigenvalue weighted by Crippen LogP contribution is -2.25. The van der Waals surface area contributed by atoms with E-state index in [0.29, 0.717) is 26.3 Å². The highest BCUT2D eigenvalue weighted by atomic mass is 32.1. The fraction of sp³-hybridized carbons (Fsp3) is 0.545. The number of likely N-dealkylation sites (tertiary alicyclic amines) is 1. The van der Waals surface area contributed by atoms with Gasteiger partial charge in [0.1, 0.15) is 13.2 Å². The van der Waals surface area contributed by atoms with Crippen LogP contribution in [0.2, 0.25) is 0 Å². The average molecular weight is 255 g/mol. The first-order chi connectivity index (χ1) is 8.24. The van der Waals surface area contributed by atoms with Crippen LogP contribution in [0.4, 0.5) is 0 Å². The predicted molar refractivity (Wildman–Crippen MR) is 61.3 cm³/mol. The van der Waals surface area contributed by atoms with E-state index in [0.717, 1.165) is 16.4 Å². The van der Waals surface area contributed by atoms with Crippen molar-refractivity contribution in [2.24, 2.45) is 0 Å². The molecule has 3 heterocycles. The molecule has 0 aromatic carbocycles. The summed E-state index contributed by atoms with van der Waals surface area (Å²) in [6, 6.07) is 0. The lowest BCUT2D eigenvalue weighted by molar-refractivity contribution is -0.128. The number of aliphatic hydroxyl groups is 1. The molecule has 1 N–H and O–H groups in total. The molecule has 0 aliphatic carbocycles. The van der Waals surface area contributed by atoms with Crippen molar-refractivity contribution in [3.8, 4) is 11.5 Å². The van der Waals surface area contributed by atoms with E-state index in [-0.39, 0.29) is 12.3 Å². The van der Waals surface area contributed by atoms with E-state index in [1.54, 1.807) is 4.90 Å². The van der Waals surface area contributed by atoms with Gasteiger partial charge < -0.3 is 19.5 Å². The Morgan fingerprint density at radius 3 is 3.06 bits per heavy atom. The topological polar surface area (TPSA) is 59.0 Å². The Bertz CT molecular complexity index is 445. The van der Waals surface area contributed by atoms with Crippen LogP contribution in [-0.4, -0.2) is 41.8 Å². The van der Waals surface area contributed by atoms with E-state index in [1.165, 1.54) is 11.3 Å². The molecule has 1 unspecified atom stereocenters. The van der Waals surface area contributed by atoms with Gasteiger partial charge in [-0.1, -0.05) is 0 Å². The second kappa shape index (κ2) is 4.19. The molecule has 0 bridgehead atoms. The fourth-order valence-electron chi connectivity index (χ4n) is 2.10. The quantitative estimate of drug-likeness (QED) is 0.841. The number of thiophene rings is 1. The zero-order valence-electron chi connectivity index (χ0n) is 9.22. The van der Waals surface area contributed by atoms with Crippen LogP contribution in [0.5, 0.6) is 11.5 Å². The molecule has 6 heteroatoms.